The third-order valence-corrected chi connectivity index (χ3v) is 2.62. The van der Waals surface area contributed by atoms with Crippen LogP contribution in [0.5, 0.6) is 0 Å². The highest BCUT2D eigenvalue weighted by molar-refractivity contribution is 5.41. The Kier molecular flexibility index (Phi) is 3.54. The number of nitriles is 1. The monoisotopic (exact) mass is 238 g/mol. The van der Waals surface area contributed by atoms with Crippen molar-refractivity contribution in [1.29, 1.82) is 5.26 Å². The van der Waals surface area contributed by atoms with E-state index >= 15 is 0 Å². The van der Waals surface area contributed by atoms with E-state index in [1.165, 1.54) is 0 Å². The summed E-state index contributed by atoms with van der Waals surface area (Å²) in [6, 6.07) is 9.59. The largest absolute Gasteiger partial charge is 0.364 e. The Labute approximate surface area is 106 Å². The predicted octanol–water partition coefficient (Wildman–Crippen LogP) is 2.58. The van der Waals surface area contributed by atoms with Gasteiger partial charge in [-0.25, -0.2) is 4.98 Å². The summed E-state index contributed by atoms with van der Waals surface area (Å²) in [4.78, 5) is 8.65. The van der Waals surface area contributed by atoms with E-state index in [1.54, 1.807) is 6.20 Å². The molecule has 1 N–H and O–H groups in total. The number of anilines is 1. The number of hydrogen-bond acceptors (Lipinski definition) is 4. The van der Waals surface area contributed by atoms with Crippen LogP contribution < -0.4 is 5.32 Å². The molecule has 0 saturated heterocycles. The zero-order chi connectivity index (χ0) is 13.0. The minimum atomic E-state index is 0.671. The molecule has 1 aromatic carbocycles. The van der Waals surface area contributed by atoms with Crippen LogP contribution in [0.2, 0.25) is 0 Å². The summed E-state index contributed by atoms with van der Waals surface area (Å²) in [6.07, 6.45) is 1.75. The fraction of sp³-hybridized carbons (Fsp3) is 0.214. The Morgan fingerprint density at radius 2 is 1.94 bits per heavy atom. The van der Waals surface area contributed by atoms with E-state index in [0.29, 0.717) is 12.1 Å². The van der Waals surface area contributed by atoms with E-state index in [1.807, 2.05) is 38.1 Å². The second kappa shape index (κ2) is 5.28. The van der Waals surface area contributed by atoms with Crippen LogP contribution in [0.15, 0.2) is 30.5 Å². The number of rotatable bonds is 3. The van der Waals surface area contributed by atoms with Gasteiger partial charge in [-0.15, -0.1) is 0 Å². The molecule has 18 heavy (non-hydrogen) atoms. The Balaban J connectivity index is 2.07. The first-order valence-electron chi connectivity index (χ1n) is 5.72. The number of aromatic nitrogens is 2. The highest BCUT2D eigenvalue weighted by Crippen LogP contribution is 2.11. The number of benzene rings is 1. The second-order valence-electron chi connectivity index (χ2n) is 4.11. The van der Waals surface area contributed by atoms with Crippen LogP contribution in [-0.4, -0.2) is 9.97 Å². The summed E-state index contributed by atoms with van der Waals surface area (Å²) in [5.41, 5.74) is 3.55. The van der Waals surface area contributed by atoms with E-state index in [0.717, 1.165) is 22.8 Å². The van der Waals surface area contributed by atoms with Gasteiger partial charge in [0.25, 0.3) is 0 Å². The van der Waals surface area contributed by atoms with Crippen molar-refractivity contribution in [2.75, 3.05) is 5.32 Å². The molecule has 0 radical (unpaired) electrons. The van der Waals surface area contributed by atoms with Crippen LogP contribution in [0.25, 0.3) is 0 Å². The molecule has 0 aliphatic heterocycles. The smallest absolute Gasteiger partial charge is 0.148 e. The lowest BCUT2D eigenvalue weighted by atomic mass is 10.1. The molecule has 0 unspecified atom stereocenters. The van der Waals surface area contributed by atoms with E-state index in [9.17, 15) is 0 Å². The van der Waals surface area contributed by atoms with Crippen molar-refractivity contribution in [3.8, 4) is 6.07 Å². The van der Waals surface area contributed by atoms with Crippen molar-refractivity contribution in [1.82, 2.24) is 9.97 Å². The average molecular weight is 238 g/mol. The van der Waals surface area contributed by atoms with Crippen molar-refractivity contribution in [3.63, 3.8) is 0 Å². The average Bonchev–Trinajstić information content (AvgIpc) is 2.40. The van der Waals surface area contributed by atoms with Gasteiger partial charge in [-0.1, -0.05) is 12.1 Å². The van der Waals surface area contributed by atoms with Gasteiger partial charge in [-0.2, -0.15) is 5.26 Å². The van der Waals surface area contributed by atoms with E-state index < -0.39 is 0 Å². The molecule has 0 aliphatic rings. The lowest BCUT2D eigenvalue weighted by Crippen LogP contribution is -2.05. The van der Waals surface area contributed by atoms with E-state index in [-0.39, 0.29) is 0 Å². The van der Waals surface area contributed by atoms with Gasteiger partial charge in [0.2, 0.25) is 0 Å². The van der Waals surface area contributed by atoms with Gasteiger partial charge in [0, 0.05) is 12.7 Å². The van der Waals surface area contributed by atoms with E-state index in [2.05, 4.69) is 21.4 Å². The Bertz CT molecular complexity index is 582. The molecule has 2 rings (SSSR count). The molecule has 0 amide bonds. The number of nitrogens with zero attached hydrogens (tertiary/aromatic N) is 3. The summed E-state index contributed by atoms with van der Waals surface area (Å²) in [5, 5.41) is 12.0. The van der Waals surface area contributed by atoms with Crippen LogP contribution in [-0.2, 0) is 6.54 Å². The maximum absolute atomic E-state index is 8.72. The molecule has 1 aromatic heterocycles. The normalized spacial score (nSPS) is 9.83. The zero-order valence-electron chi connectivity index (χ0n) is 10.4. The minimum Gasteiger partial charge on any atom is -0.364 e. The maximum Gasteiger partial charge on any atom is 0.148 e. The van der Waals surface area contributed by atoms with Crippen LogP contribution in [0, 0.1) is 25.2 Å². The molecular weight excluding hydrogens is 224 g/mol. The van der Waals surface area contributed by atoms with Crippen molar-refractivity contribution in [3.05, 3.63) is 53.0 Å². The van der Waals surface area contributed by atoms with Gasteiger partial charge >= 0.3 is 0 Å². The van der Waals surface area contributed by atoms with Gasteiger partial charge < -0.3 is 5.32 Å². The van der Waals surface area contributed by atoms with Crippen LogP contribution in [0.1, 0.15) is 22.5 Å². The molecule has 0 atom stereocenters. The van der Waals surface area contributed by atoms with Crippen molar-refractivity contribution < 1.29 is 0 Å². The van der Waals surface area contributed by atoms with Crippen LogP contribution >= 0.6 is 0 Å². The van der Waals surface area contributed by atoms with Gasteiger partial charge in [0.15, 0.2) is 0 Å². The van der Waals surface area contributed by atoms with Gasteiger partial charge in [-0.3, -0.25) is 4.98 Å². The van der Waals surface area contributed by atoms with Crippen LogP contribution in [0.3, 0.4) is 0 Å². The van der Waals surface area contributed by atoms with Gasteiger partial charge in [-0.05, 0) is 31.5 Å². The molecule has 0 saturated carbocycles. The molecule has 0 bridgehead atoms. The molecule has 2 aromatic rings. The van der Waals surface area contributed by atoms with Crippen molar-refractivity contribution in [2.24, 2.45) is 0 Å². The fourth-order valence-electron chi connectivity index (χ4n) is 1.59. The molecule has 4 nitrogen and oxygen atoms in total. The Morgan fingerprint density at radius 1 is 1.22 bits per heavy atom. The standard InChI is InChI=1S/C14H14N4/c1-10-8-16-11(2)14(18-10)17-9-13-5-3-12(7-15)4-6-13/h3-6,8H,9H2,1-2H3,(H,17,18). The third kappa shape index (κ3) is 2.83. The topological polar surface area (TPSA) is 61.6 Å². The lowest BCUT2D eigenvalue weighted by molar-refractivity contribution is 1.02. The maximum atomic E-state index is 8.72. The molecule has 4 heteroatoms. The second-order valence-corrected chi connectivity index (χ2v) is 4.11. The molecular formula is C14H14N4. The SMILES string of the molecule is Cc1cnc(C)c(NCc2ccc(C#N)cc2)n1. The summed E-state index contributed by atoms with van der Waals surface area (Å²) in [7, 11) is 0. The van der Waals surface area contributed by atoms with Gasteiger partial charge in [0.05, 0.1) is 23.0 Å². The summed E-state index contributed by atoms with van der Waals surface area (Å²) < 4.78 is 0. The Morgan fingerprint density at radius 3 is 2.61 bits per heavy atom. The quantitative estimate of drug-likeness (QED) is 0.892. The summed E-state index contributed by atoms with van der Waals surface area (Å²) in [6.45, 7) is 4.51. The van der Waals surface area contributed by atoms with E-state index in [4.69, 9.17) is 5.26 Å². The number of nitrogens with one attached hydrogen (secondary N) is 1. The fourth-order valence-corrected chi connectivity index (χ4v) is 1.59. The Hall–Kier alpha value is -2.41. The molecule has 90 valence electrons. The van der Waals surface area contributed by atoms with Crippen LogP contribution in [0.4, 0.5) is 5.82 Å². The molecule has 0 aliphatic carbocycles. The molecule has 1 heterocycles. The molecule has 0 spiro atoms. The predicted molar refractivity (Wildman–Crippen MR) is 70.0 cm³/mol. The minimum absolute atomic E-state index is 0.671. The van der Waals surface area contributed by atoms with Crippen molar-refractivity contribution >= 4 is 5.82 Å². The zero-order valence-corrected chi connectivity index (χ0v) is 10.4. The first kappa shape index (κ1) is 12.1. The van der Waals surface area contributed by atoms with Gasteiger partial charge in [0.1, 0.15) is 5.82 Å². The first-order chi connectivity index (χ1) is 8.69. The first-order valence-corrected chi connectivity index (χ1v) is 5.72. The lowest BCUT2D eigenvalue weighted by Gasteiger charge is -2.08. The van der Waals surface area contributed by atoms with Crippen molar-refractivity contribution in [2.45, 2.75) is 20.4 Å². The number of hydrogen-bond donors (Lipinski definition) is 1. The highest BCUT2D eigenvalue weighted by atomic mass is 15.0. The molecule has 0 fully saturated rings. The summed E-state index contributed by atoms with van der Waals surface area (Å²) in [5.74, 6) is 0.805. The highest BCUT2D eigenvalue weighted by Gasteiger charge is 2.01. The number of aryl methyl sites for hydroxylation is 2. The summed E-state index contributed by atoms with van der Waals surface area (Å²) >= 11 is 0. The third-order valence-electron chi connectivity index (χ3n) is 2.62.